The summed E-state index contributed by atoms with van der Waals surface area (Å²) in [5.41, 5.74) is 0.933. The zero-order valence-electron chi connectivity index (χ0n) is 10.8. The van der Waals surface area contributed by atoms with Crippen molar-refractivity contribution >= 4 is 17.7 Å². The van der Waals surface area contributed by atoms with Gasteiger partial charge >= 0.3 is 5.97 Å². The zero-order chi connectivity index (χ0) is 13.6. The number of hydrogen-bond acceptors (Lipinski definition) is 5. The van der Waals surface area contributed by atoms with E-state index in [9.17, 15) is 4.79 Å². The fourth-order valence-electron chi connectivity index (χ4n) is 1.25. The van der Waals surface area contributed by atoms with Gasteiger partial charge in [-0.1, -0.05) is 0 Å². The van der Waals surface area contributed by atoms with Crippen LogP contribution in [0.2, 0.25) is 0 Å². The van der Waals surface area contributed by atoms with Crippen molar-refractivity contribution in [3.8, 4) is 6.07 Å². The third-order valence-corrected chi connectivity index (χ3v) is 2.82. The van der Waals surface area contributed by atoms with Crippen molar-refractivity contribution in [2.45, 2.75) is 32.1 Å². The molecule has 18 heavy (non-hydrogen) atoms. The maximum Gasteiger partial charge on any atom is 0.316 e. The lowest BCUT2D eigenvalue weighted by Crippen LogP contribution is -2.24. The Bertz CT molecular complexity index is 461. The molecule has 0 bridgehead atoms. The van der Waals surface area contributed by atoms with E-state index in [-0.39, 0.29) is 5.97 Å². The number of thioether (sulfide) groups is 1. The predicted octanol–water partition coefficient (Wildman–Crippen LogP) is 2.53. The van der Waals surface area contributed by atoms with Crippen LogP contribution in [0, 0.1) is 11.3 Å². The molecule has 0 radical (unpaired) electrons. The second-order valence-corrected chi connectivity index (χ2v) is 5.73. The van der Waals surface area contributed by atoms with E-state index in [1.54, 1.807) is 12.3 Å². The molecule has 1 rings (SSSR count). The molecule has 0 N–H and O–H groups in total. The fourth-order valence-corrected chi connectivity index (χ4v) is 1.99. The monoisotopic (exact) mass is 264 g/mol. The zero-order valence-corrected chi connectivity index (χ0v) is 11.6. The van der Waals surface area contributed by atoms with Gasteiger partial charge in [0.2, 0.25) is 0 Å². The number of hydrogen-bond donors (Lipinski definition) is 0. The van der Waals surface area contributed by atoms with Gasteiger partial charge in [-0.15, -0.1) is 11.8 Å². The van der Waals surface area contributed by atoms with Crippen molar-refractivity contribution in [2.75, 3.05) is 5.75 Å². The molecule has 0 unspecified atom stereocenters. The molecule has 0 aromatic carbocycles. The largest absolute Gasteiger partial charge is 0.459 e. The Morgan fingerprint density at radius 3 is 2.89 bits per heavy atom. The van der Waals surface area contributed by atoms with Crippen LogP contribution in [-0.4, -0.2) is 22.3 Å². The highest BCUT2D eigenvalue weighted by Crippen LogP contribution is 2.14. The number of aromatic nitrogens is 1. The third-order valence-electron chi connectivity index (χ3n) is 1.85. The lowest BCUT2D eigenvalue weighted by Gasteiger charge is -2.19. The lowest BCUT2D eigenvalue weighted by molar-refractivity contribution is -0.151. The molecule has 1 heterocycles. The van der Waals surface area contributed by atoms with Crippen LogP contribution in [0.25, 0.3) is 0 Å². The van der Waals surface area contributed by atoms with Gasteiger partial charge in [-0.25, -0.2) is 4.98 Å². The Balaban J connectivity index is 2.38. The molecule has 1 aromatic heterocycles. The number of ether oxygens (including phenoxy) is 1. The van der Waals surface area contributed by atoms with Crippen LogP contribution in [0.3, 0.4) is 0 Å². The maximum atomic E-state index is 11.5. The standard InChI is InChI=1S/C13H16N2O2S/c1-13(2,3)17-12(16)9-18-8-10-4-5-15-11(6-10)7-14/h4-6H,8-9H2,1-3H3. The summed E-state index contributed by atoms with van der Waals surface area (Å²) in [5.74, 6) is 0.750. The summed E-state index contributed by atoms with van der Waals surface area (Å²) < 4.78 is 5.20. The van der Waals surface area contributed by atoms with Gasteiger partial charge in [0.25, 0.3) is 0 Å². The summed E-state index contributed by atoms with van der Waals surface area (Å²) in [6, 6.07) is 5.55. The molecule has 0 aliphatic rings. The Hall–Kier alpha value is -1.54. The first kappa shape index (κ1) is 14.5. The molecule has 0 spiro atoms. The van der Waals surface area contributed by atoms with Gasteiger partial charge in [-0.2, -0.15) is 5.26 Å². The van der Waals surface area contributed by atoms with Gasteiger partial charge in [0.15, 0.2) is 0 Å². The third kappa shape index (κ3) is 5.69. The average Bonchev–Trinajstić information content (AvgIpc) is 2.27. The molecular formula is C13H16N2O2S. The highest BCUT2D eigenvalue weighted by Gasteiger charge is 2.15. The molecule has 0 aliphatic carbocycles. The summed E-state index contributed by atoms with van der Waals surface area (Å²) in [6.07, 6.45) is 1.60. The number of carbonyl (C=O) groups excluding carboxylic acids is 1. The molecule has 96 valence electrons. The van der Waals surface area contributed by atoms with Gasteiger partial charge in [0, 0.05) is 11.9 Å². The van der Waals surface area contributed by atoms with Gasteiger partial charge in [-0.3, -0.25) is 4.79 Å². The SMILES string of the molecule is CC(C)(C)OC(=O)CSCc1ccnc(C#N)c1. The minimum atomic E-state index is -0.442. The first-order chi connectivity index (χ1) is 8.40. The van der Waals surface area contributed by atoms with Crippen LogP contribution in [0.1, 0.15) is 32.0 Å². The van der Waals surface area contributed by atoms with Crippen molar-refractivity contribution in [2.24, 2.45) is 0 Å². The Labute approximate surface area is 111 Å². The fraction of sp³-hybridized carbons (Fsp3) is 0.462. The Morgan fingerprint density at radius 1 is 1.56 bits per heavy atom. The summed E-state index contributed by atoms with van der Waals surface area (Å²) >= 11 is 1.46. The molecule has 0 amide bonds. The van der Waals surface area contributed by atoms with E-state index < -0.39 is 5.60 Å². The number of rotatable bonds is 4. The number of esters is 1. The van der Waals surface area contributed by atoms with E-state index in [2.05, 4.69) is 4.98 Å². The van der Waals surface area contributed by atoms with E-state index in [1.807, 2.05) is 32.9 Å². The lowest BCUT2D eigenvalue weighted by atomic mass is 10.2. The molecule has 0 saturated heterocycles. The second-order valence-electron chi connectivity index (χ2n) is 4.74. The van der Waals surface area contributed by atoms with Crippen molar-refractivity contribution < 1.29 is 9.53 Å². The summed E-state index contributed by atoms with van der Waals surface area (Å²) in [6.45, 7) is 5.53. The van der Waals surface area contributed by atoms with Crippen molar-refractivity contribution in [1.29, 1.82) is 5.26 Å². The Morgan fingerprint density at radius 2 is 2.28 bits per heavy atom. The number of pyridine rings is 1. The average molecular weight is 264 g/mol. The van der Waals surface area contributed by atoms with Crippen LogP contribution in [0.15, 0.2) is 18.3 Å². The van der Waals surface area contributed by atoms with Gasteiger partial charge in [-0.05, 0) is 38.5 Å². The van der Waals surface area contributed by atoms with Crippen molar-refractivity contribution in [3.05, 3.63) is 29.6 Å². The van der Waals surface area contributed by atoms with E-state index in [4.69, 9.17) is 10.00 Å². The quantitative estimate of drug-likeness (QED) is 0.782. The minimum absolute atomic E-state index is 0.220. The van der Waals surface area contributed by atoms with E-state index in [0.29, 0.717) is 17.2 Å². The highest BCUT2D eigenvalue weighted by atomic mass is 32.2. The topological polar surface area (TPSA) is 63.0 Å². The first-order valence-corrected chi connectivity index (χ1v) is 6.71. The molecule has 4 nitrogen and oxygen atoms in total. The Kier molecular flexibility index (Phi) is 5.17. The first-order valence-electron chi connectivity index (χ1n) is 5.55. The van der Waals surface area contributed by atoms with Crippen LogP contribution >= 0.6 is 11.8 Å². The smallest absolute Gasteiger partial charge is 0.316 e. The van der Waals surface area contributed by atoms with Crippen LogP contribution in [0.5, 0.6) is 0 Å². The van der Waals surface area contributed by atoms with Crippen molar-refractivity contribution in [1.82, 2.24) is 4.98 Å². The molecule has 5 heteroatoms. The molecular weight excluding hydrogens is 248 g/mol. The number of nitriles is 1. The van der Waals surface area contributed by atoms with E-state index in [1.165, 1.54) is 11.8 Å². The highest BCUT2D eigenvalue weighted by molar-refractivity contribution is 7.99. The number of carbonyl (C=O) groups is 1. The normalized spacial score (nSPS) is 10.8. The van der Waals surface area contributed by atoms with Crippen LogP contribution < -0.4 is 0 Å². The van der Waals surface area contributed by atoms with E-state index in [0.717, 1.165) is 5.56 Å². The molecule has 0 aliphatic heterocycles. The van der Waals surface area contributed by atoms with Gasteiger partial charge in [0.1, 0.15) is 17.4 Å². The predicted molar refractivity (Wildman–Crippen MR) is 71.0 cm³/mol. The molecule has 0 fully saturated rings. The van der Waals surface area contributed by atoms with Crippen molar-refractivity contribution in [3.63, 3.8) is 0 Å². The second kappa shape index (κ2) is 6.41. The minimum Gasteiger partial charge on any atom is -0.459 e. The maximum absolute atomic E-state index is 11.5. The van der Waals surface area contributed by atoms with Crippen LogP contribution in [-0.2, 0) is 15.3 Å². The van der Waals surface area contributed by atoms with E-state index >= 15 is 0 Å². The molecule has 0 atom stereocenters. The summed E-state index contributed by atoms with van der Waals surface area (Å²) in [4.78, 5) is 15.4. The number of nitrogens with zero attached hydrogens (tertiary/aromatic N) is 2. The van der Waals surface area contributed by atoms with Gasteiger partial charge < -0.3 is 4.74 Å². The summed E-state index contributed by atoms with van der Waals surface area (Å²) in [7, 11) is 0. The van der Waals surface area contributed by atoms with Gasteiger partial charge in [0.05, 0.1) is 5.75 Å². The van der Waals surface area contributed by atoms with Crippen LogP contribution in [0.4, 0.5) is 0 Å². The molecule has 0 saturated carbocycles. The molecule has 1 aromatic rings. The summed E-state index contributed by atoms with van der Waals surface area (Å²) in [5, 5.41) is 8.71.